The lowest BCUT2D eigenvalue weighted by Crippen LogP contribution is -2.45. The van der Waals surface area contributed by atoms with Gasteiger partial charge in [-0.05, 0) is 62.4 Å². The SMILES string of the molecule is c1cc(O[C@H]2C[C@H](CN3CCOCC3)C2)ccc1CN1CCCC1. The molecule has 0 spiro atoms. The van der Waals surface area contributed by atoms with Crippen LogP contribution in [0.25, 0.3) is 0 Å². The van der Waals surface area contributed by atoms with Crippen molar-refractivity contribution in [3.05, 3.63) is 29.8 Å². The molecule has 0 radical (unpaired) electrons. The monoisotopic (exact) mass is 330 g/mol. The zero-order chi connectivity index (χ0) is 16.2. The summed E-state index contributed by atoms with van der Waals surface area (Å²) in [7, 11) is 0. The highest BCUT2D eigenvalue weighted by Gasteiger charge is 2.32. The summed E-state index contributed by atoms with van der Waals surface area (Å²) in [6.07, 6.45) is 5.53. The highest BCUT2D eigenvalue weighted by Crippen LogP contribution is 2.32. The van der Waals surface area contributed by atoms with Crippen LogP contribution < -0.4 is 4.74 Å². The zero-order valence-electron chi connectivity index (χ0n) is 14.7. The molecule has 3 aliphatic rings. The standard InChI is InChI=1S/C20H30N2O2/c1-2-8-21(7-1)15-17-3-5-19(6-4-17)24-20-13-18(14-20)16-22-9-11-23-12-10-22/h3-6,18,20H,1-2,7-16H2/t18-,20-. The third kappa shape index (κ3) is 4.29. The molecule has 4 rings (SSSR count). The first kappa shape index (κ1) is 16.4. The Balaban J connectivity index is 1.18. The number of hydrogen-bond donors (Lipinski definition) is 0. The van der Waals surface area contributed by atoms with Crippen LogP contribution in [0.2, 0.25) is 0 Å². The van der Waals surface area contributed by atoms with Crippen molar-refractivity contribution in [2.75, 3.05) is 45.9 Å². The summed E-state index contributed by atoms with van der Waals surface area (Å²) in [5.74, 6) is 1.84. The maximum Gasteiger partial charge on any atom is 0.119 e. The van der Waals surface area contributed by atoms with Crippen molar-refractivity contribution >= 4 is 0 Å². The molecule has 0 atom stereocenters. The smallest absolute Gasteiger partial charge is 0.119 e. The van der Waals surface area contributed by atoms with E-state index in [0.29, 0.717) is 6.10 Å². The lowest BCUT2D eigenvalue weighted by molar-refractivity contribution is 0.000133. The molecule has 1 aromatic rings. The van der Waals surface area contributed by atoms with Crippen LogP contribution in [0, 0.1) is 5.92 Å². The Bertz CT molecular complexity index is 501. The Hall–Kier alpha value is -1.10. The fourth-order valence-electron chi connectivity index (χ4n) is 4.13. The van der Waals surface area contributed by atoms with Gasteiger partial charge in [0.25, 0.3) is 0 Å². The van der Waals surface area contributed by atoms with E-state index in [1.54, 1.807) is 0 Å². The van der Waals surface area contributed by atoms with E-state index in [1.165, 1.54) is 50.9 Å². The van der Waals surface area contributed by atoms with E-state index in [9.17, 15) is 0 Å². The van der Waals surface area contributed by atoms with Gasteiger partial charge in [0.15, 0.2) is 0 Å². The van der Waals surface area contributed by atoms with Crippen molar-refractivity contribution in [3.63, 3.8) is 0 Å². The van der Waals surface area contributed by atoms with Gasteiger partial charge in [0.1, 0.15) is 5.75 Å². The molecule has 0 amide bonds. The molecule has 2 saturated heterocycles. The van der Waals surface area contributed by atoms with Crippen LogP contribution >= 0.6 is 0 Å². The number of rotatable bonds is 6. The maximum absolute atomic E-state index is 6.14. The van der Waals surface area contributed by atoms with Crippen LogP contribution in [-0.4, -0.2) is 61.8 Å². The first-order valence-electron chi connectivity index (χ1n) is 9.63. The van der Waals surface area contributed by atoms with Gasteiger partial charge in [-0.25, -0.2) is 0 Å². The minimum Gasteiger partial charge on any atom is -0.490 e. The average Bonchev–Trinajstić information content (AvgIpc) is 3.08. The van der Waals surface area contributed by atoms with Crippen LogP contribution in [0.1, 0.15) is 31.2 Å². The summed E-state index contributed by atoms with van der Waals surface area (Å²) in [5, 5.41) is 0. The van der Waals surface area contributed by atoms with Gasteiger partial charge in [-0.15, -0.1) is 0 Å². The van der Waals surface area contributed by atoms with Gasteiger partial charge < -0.3 is 9.47 Å². The van der Waals surface area contributed by atoms with E-state index in [-0.39, 0.29) is 0 Å². The number of hydrogen-bond acceptors (Lipinski definition) is 4. The first-order chi connectivity index (χ1) is 11.8. The van der Waals surface area contributed by atoms with Gasteiger partial charge in [-0.2, -0.15) is 0 Å². The van der Waals surface area contributed by atoms with E-state index in [2.05, 4.69) is 34.1 Å². The van der Waals surface area contributed by atoms with Crippen LogP contribution in [-0.2, 0) is 11.3 Å². The van der Waals surface area contributed by atoms with Crippen molar-refractivity contribution in [3.8, 4) is 5.75 Å². The molecule has 1 saturated carbocycles. The largest absolute Gasteiger partial charge is 0.490 e. The van der Waals surface area contributed by atoms with Gasteiger partial charge in [0.2, 0.25) is 0 Å². The highest BCUT2D eigenvalue weighted by molar-refractivity contribution is 5.27. The molecular weight excluding hydrogens is 300 g/mol. The molecular formula is C20H30N2O2. The quantitative estimate of drug-likeness (QED) is 0.801. The molecule has 4 nitrogen and oxygen atoms in total. The van der Waals surface area contributed by atoms with E-state index in [1.807, 2.05) is 0 Å². The van der Waals surface area contributed by atoms with Gasteiger partial charge in [0, 0.05) is 26.2 Å². The minimum atomic E-state index is 0.417. The molecule has 1 aromatic carbocycles. The Morgan fingerprint density at radius 2 is 1.62 bits per heavy atom. The Labute approximate surface area is 145 Å². The van der Waals surface area contributed by atoms with Crippen LogP contribution in [0.5, 0.6) is 5.75 Å². The Morgan fingerprint density at radius 3 is 2.33 bits per heavy atom. The van der Waals surface area contributed by atoms with Gasteiger partial charge in [-0.3, -0.25) is 9.80 Å². The predicted octanol–water partition coefficient (Wildman–Crippen LogP) is 2.77. The number of morpholine rings is 1. The summed E-state index contributed by atoms with van der Waals surface area (Å²) in [6.45, 7) is 8.81. The first-order valence-corrected chi connectivity index (χ1v) is 9.63. The van der Waals surface area contributed by atoms with E-state index < -0.39 is 0 Å². The fourth-order valence-corrected chi connectivity index (χ4v) is 4.13. The van der Waals surface area contributed by atoms with E-state index >= 15 is 0 Å². The number of likely N-dealkylation sites (tertiary alicyclic amines) is 1. The summed E-state index contributed by atoms with van der Waals surface area (Å²) >= 11 is 0. The van der Waals surface area contributed by atoms with E-state index in [4.69, 9.17) is 9.47 Å². The molecule has 2 heterocycles. The molecule has 2 aliphatic heterocycles. The second-order valence-electron chi connectivity index (χ2n) is 7.62. The van der Waals surface area contributed by atoms with Crippen molar-refractivity contribution in [1.82, 2.24) is 9.80 Å². The molecule has 24 heavy (non-hydrogen) atoms. The molecule has 3 fully saturated rings. The molecule has 0 bridgehead atoms. The topological polar surface area (TPSA) is 24.9 Å². The number of benzene rings is 1. The van der Waals surface area contributed by atoms with Crippen LogP contribution in [0.3, 0.4) is 0 Å². The molecule has 1 aliphatic carbocycles. The maximum atomic E-state index is 6.14. The molecule has 0 aromatic heterocycles. The molecule has 0 unspecified atom stereocenters. The number of ether oxygens (including phenoxy) is 2. The van der Waals surface area contributed by atoms with Gasteiger partial charge in [-0.1, -0.05) is 12.1 Å². The van der Waals surface area contributed by atoms with Crippen molar-refractivity contribution in [2.24, 2.45) is 5.92 Å². The molecule has 132 valence electrons. The predicted molar refractivity (Wildman–Crippen MR) is 95.4 cm³/mol. The minimum absolute atomic E-state index is 0.417. The average molecular weight is 330 g/mol. The van der Waals surface area contributed by atoms with E-state index in [0.717, 1.165) is 44.5 Å². The van der Waals surface area contributed by atoms with Crippen LogP contribution in [0.4, 0.5) is 0 Å². The fraction of sp³-hybridized carbons (Fsp3) is 0.700. The summed E-state index contributed by atoms with van der Waals surface area (Å²) in [6, 6.07) is 8.77. The molecule has 4 heteroatoms. The lowest BCUT2D eigenvalue weighted by Gasteiger charge is -2.39. The van der Waals surface area contributed by atoms with Gasteiger partial charge in [0.05, 0.1) is 19.3 Å². The van der Waals surface area contributed by atoms with Crippen LogP contribution in [0.15, 0.2) is 24.3 Å². The third-order valence-corrected chi connectivity index (χ3v) is 5.64. The van der Waals surface area contributed by atoms with Crippen molar-refractivity contribution < 1.29 is 9.47 Å². The zero-order valence-corrected chi connectivity index (χ0v) is 14.7. The number of nitrogens with zero attached hydrogens (tertiary/aromatic N) is 2. The van der Waals surface area contributed by atoms with Gasteiger partial charge >= 0.3 is 0 Å². The molecule has 0 N–H and O–H groups in total. The summed E-state index contributed by atoms with van der Waals surface area (Å²) in [4.78, 5) is 5.08. The Morgan fingerprint density at radius 1 is 0.917 bits per heavy atom. The lowest BCUT2D eigenvalue weighted by atomic mass is 9.82. The summed E-state index contributed by atoms with van der Waals surface area (Å²) in [5.41, 5.74) is 1.41. The normalized spacial score (nSPS) is 28.7. The second-order valence-corrected chi connectivity index (χ2v) is 7.62. The second kappa shape index (κ2) is 7.85. The van der Waals surface area contributed by atoms with Crippen molar-refractivity contribution in [1.29, 1.82) is 0 Å². The van der Waals surface area contributed by atoms with Crippen molar-refractivity contribution in [2.45, 2.75) is 38.3 Å². The summed E-state index contributed by atoms with van der Waals surface area (Å²) < 4.78 is 11.6. The Kier molecular flexibility index (Phi) is 5.36. The highest BCUT2D eigenvalue weighted by atomic mass is 16.5. The third-order valence-electron chi connectivity index (χ3n) is 5.64.